The van der Waals surface area contributed by atoms with Crippen LogP contribution in [0.4, 0.5) is 5.69 Å². The first kappa shape index (κ1) is 15.5. The fraction of sp³-hybridized carbons (Fsp3) is 0.333. The van der Waals surface area contributed by atoms with E-state index < -0.39 is 35.4 Å². The number of ether oxygens (including phenoxy) is 1. The average molecular weight is 387 g/mol. The lowest BCUT2D eigenvalue weighted by molar-refractivity contribution is -0.146. The molecule has 1 aromatic carbocycles. The molecule has 2 bridgehead atoms. The molecule has 0 unspecified atom stereocenters. The molecular weight excluding hydrogens is 374 g/mol. The van der Waals surface area contributed by atoms with Crippen molar-refractivity contribution in [2.45, 2.75) is 18.6 Å². The van der Waals surface area contributed by atoms with E-state index >= 15 is 0 Å². The van der Waals surface area contributed by atoms with Crippen molar-refractivity contribution >= 4 is 45.1 Å². The van der Waals surface area contributed by atoms with Crippen LogP contribution < -0.4 is 5.32 Å². The molecule has 4 atom stereocenters. The van der Waals surface area contributed by atoms with Crippen LogP contribution in [0.3, 0.4) is 0 Å². The number of amides is 1. The lowest BCUT2D eigenvalue weighted by Gasteiger charge is -2.28. The molecule has 116 valence electrons. The Kier molecular flexibility index (Phi) is 3.79. The van der Waals surface area contributed by atoms with E-state index in [4.69, 9.17) is 16.3 Å². The normalized spacial score (nSPS) is 32.2. The third-order valence-electron chi connectivity index (χ3n) is 4.09. The number of hydrogen-bond acceptors (Lipinski definition) is 3. The number of fused-ring (bicyclic) bond motifs is 2. The Morgan fingerprint density at radius 2 is 2.18 bits per heavy atom. The molecular formula is C15H13BrClNO4. The number of rotatable bonds is 3. The van der Waals surface area contributed by atoms with Crippen molar-refractivity contribution in [2.24, 2.45) is 11.8 Å². The van der Waals surface area contributed by atoms with E-state index in [-0.39, 0.29) is 0 Å². The standard InChI is InChI=1S/C15H13BrClNO4/c1-15-5-4-10(22-15)11(14(20)21)12(15)13(19)18-9-3-2-7(16)6-8(9)17/h2-6,10-12H,1H3,(H,18,19)(H,20,21)/t10-,11-,12-,15+/m1/s1. The largest absolute Gasteiger partial charge is 0.481 e. The number of benzene rings is 1. The fourth-order valence-corrected chi connectivity index (χ4v) is 3.80. The van der Waals surface area contributed by atoms with Crippen LogP contribution in [0.2, 0.25) is 5.02 Å². The molecule has 2 aliphatic heterocycles. The van der Waals surface area contributed by atoms with Gasteiger partial charge < -0.3 is 15.2 Å². The summed E-state index contributed by atoms with van der Waals surface area (Å²) in [5.41, 5.74) is -0.464. The second kappa shape index (κ2) is 5.37. The smallest absolute Gasteiger partial charge is 0.310 e. The van der Waals surface area contributed by atoms with E-state index in [1.165, 1.54) is 0 Å². The van der Waals surface area contributed by atoms with Crippen LogP contribution in [0, 0.1) is 11.8 Å². The van der Waals surface area contributed by atoms with Gasteiger partial charge in [-0.05, 0) is 25.1 Å². The fourth-order valence-electron chi connectivity index (χ4n) is 3.08. The van der Waals surface area contributed by atoms with Crippen molar-refractivity contribution in [3.63, 3.8) is 0 Å². The molecule has 0 saturated carbocycles. The van der Waals surface area contributed by atoms with Gasteiger partial charge in [0.15, 0.2) is 0 Å². The molecule has 0 aliphatic carbocycles. The van der Waals surface area contributed by atoms with Crippen LogP contribution in [-0.4, -0.2) is 28.7 Å². The minimum atomic E-state index is -1.04. The number of halogens is 2. The van der Waals surface area contributed by atoms with Gasteiger partial charge in [0.1, 0.15) is 5.92 Å². The molecule has 0 aromatic heterocycles. The van der Waals surface area contributed by atoms with Gasteiger partial charge in [0.05, 0.1) is 28.3 Å². The Hall–Kier alpha value is -1.37. The van der Waals surface area contributed by atoms with Crippen LogP contribution in [0.25, 0.3) is 0 Å². The van der Waals surface area contributed by atoms with Gasteiger partial charge in [-0.3, -0.25) is 9.59 Å². The van der Waals surface area contributed by atoms with E-state index in [1.54, 1.807) is 37.3 Å². The molecule has 3 rings (SSSR count). The SMILES string of the molecule is C[C@@]12C=C[C@@H](O1)[C@@H](C(=O)O)[C@@H]2C(=O)Nc1ccc(Br)cc1Cl. The minimum Gasteiger partial charge on any atom is -0.481 e. The molecule has 0 spiro atoms. The lowest BCUT2D eigenvalue weighted by atomic mass is 9.75. The Balaban J connectivity index is 1.88. The predicted octanol–water partition coefficient (Wildman–Crippen LogP) is 3.09. The van der Waals surface area contributed by atoms with Crippen LogP contribution in [0.1, 0.15) is 6.92 Å². The summed E-state index contributed by atoms with van der Waals surface area (Å²) in [5, 5.41) is 12.5. The van der Waals surface area contributed by atoms with Gasteiger partial charge in [0.2, 0.25) is 5.91 Å². The summed E-state index contributed by atoms with van der Waals surface area (Å²) in [4.78, 5) is 24.1. The number of carbonyl (C=O) groups excluding carboxylic acids is 1. The molecule has 1 fully saturated rings. The second-order valence-electron chi connectivity index (χ2n) is 5.58. The van der Waals surface area contributed by atoms with Crippen molar-refractivity contribution in [3.8, 4) is 0 Å². The quantitative estimate of drug-likeness (QED) is 0.783. The monoisotopic (exact) mass is 385 g/mol. The molecule has 2 heterocycles. The topological polar surface area (TPSA) is 75.6 Å². The maximum atomic E-state index is 12.6. The molecule has 1 saturated heterocycles. The third kappa shape index (κ3) is 2.45. The maximum Gasteiger partial charge on any atom is 0.310 e. The average Bonchev–Trinajstić information content (AvgIpc) is 2.94. The molecule has 5 nitrogen and oxygen atoms in total. The number of anilines is 1. The van der Waals surface area contributed by atoms with Crippen LogP contribution in [0.5, 0.6) is 0 Å². The molecule has 1 amide bonds. The summed E-state index contributed by atoms with van der Waals surface area (Å²) in [7, 11) is 0. The van der Waals surface area contributed by atoms with E-state index in [9.17, 15) is 14.7 Å². The predicted molar refractivity (Wildman–Crippen MR) is 84.8 cm³/mol. The summed E-state index contributed by atoms with van der Waals surface area (Å²) in [6.45, 7) is 1.72. The Morgan fingerprint density at radius 3 is 2.82 bits per heavy atom. The number of aliphatic carboxylic acids is 1. The molecule has 2 N–H and O–H groups in total. The number of carboxylic acid groups (broad SMARTS) is 1. The van der Waals surface area contributed by atoms with Crippen molar-refractivity contribution in [1.82, 2.24) is 0 Å². The van der Waals surface area contributed by atoms with Crippen LogP contribution >= 0.6 is 27.5 Å². The summed E-state index contributed by atoms with van der Waals surface area (Å²) in [6.07, 6.45) is 2.89. The summed E-state index contributed by atoms with van der Waals surface area (Å²) in [6, 6.07) is 5.06. The highest BCUT2D eigenvalue weighted by Gasteiger charge is 2.59. The van der Waals surface area contributed by atoms with Gasteiger partial charge >= 0.3 is 5.97 Å². The van der Waals surface area contributed by atoms with E-state index in [1.807, 2.05) is 0 Å². The molecule has 2 aliphatic rings. The first-order valence-corrected chi connectivity index (χ1v) is 7.85. The van der Waals surface area contributed by atoms with Crippen molar-refractivity contribution in [3.05, 3.63) is 39.8 Å². The summed E-state index contributed by atoms with van der Waals surface area (Å²) in [5.74, 6) is -3.16. The number of carbonyl (C=O) groups is 2. The molecule has 22 heavy (non-hydrogen) atoms. The number of nitrogens with one attached hydrogen (secondary N) is 1. The first-order valence-electron chi connectivity index (χ1n) is 6.68. The Bertz CT molecular complexity index is 692. The number of carboxylic acids is 1. The van der Waals surface area contributed by atoms with E-state index in [2.05, 4.69) is 21.2 Å². The van der Waals surface area contributed by atoms with Gasteiger partial charge in [-0.1, -0.05) is 39.7 Å². The van der Waals surface area contributed by atoms with Gasteiger partial charge in [-0.25, -0.2) is 0 Å². The zero-order chi connectivity index (χ0) is 16.1. The highest BCUT2D eigenvalue weighted by molar-refractivity contribution is 9.10. The molecule has 0 radical (unpaired) electrons. The lowest BCUT2D eigenvalue weighted by Crippen LogP contribution is -2.44. The molecule has 7 heteroatoms. The van der Waals surface area contributed by atoms with Gasteiger partial charge in [-0.2, -0.15) is 0 Å². The van der Waals surface area contributed by atoms with Crippen molar-refractivity contribution in [1.29, 1.82) is 0 Å². The van der Waals surface area contributed by atoms with Crippen LogP contribution in [0.15, 0.2) is 34.8 Å². The number of hydrogen-bond donors (Lipinski definition) is 2. The summed E-state index contributed by atoms with van der Waals surface area (Å²) < 4.78 is 6.45. The Labute approximate surface area is 140 Å². The second-order valence-corrected chi connectivity index (χ2v) is 6.90. The highest BCUT2D eigenvalue weighted by Crippen LogP contribution is 2.47. The zero-order valence-electron chi connectivity index (χ0n) is 11.5. The van der Waals surface area contributed by atoms with Crippen LogP contribution in [-0.2, 0) is 14.3 Å². The van der Waals surface area contributed by atoms with Crippen molar-refractivity contribution < 1.29 is 19.4 Å². The maximum absolute atomic E-state index is 12.6. The van der Waals surface area contributed by atoms with E-state index in [0.29, 0.717) is 10.7 Å². The van der Waals surface area contributed by atoms with E-state index in [0.717, 1.165) is 4.47 Å². The van der Waals surface area contributed by atoms with Gasteiger partial charge in [-0.15, -0.1) is 0 Å². The third-order valence-corrected chi connectivity index (χ3v) is 4.90. The minimum absolute atomic E-state index is 0.374. The van der Waals surface area contributed by atoms with Gasteiger partial charge in [0, 0.05) is 4.47 Å². The molecule has 1 aromatic rings. The van der Waals surface area contributed by atoms with Gasteiger partial charge in [0.25, 0.3) is 0 Å². The Morgan fingerprint density at radius 1 is 1.45 bits per heavy atom. The highest BCUT2D eigenvalue weighted by atomic mass is 79.9. The summed E-state index contributed by atoms with van der Waals surface area (Å²) >= 11 is 9.38. The first-order chi connectivity index (χ1) is 10.3. The van der Waals surface area contributed by atoms with Crippen molar-refractivity contribution in [2.75, 3.05) is 5.32 Å². The zero-order valence-corrected chi connectivity index (χ0v) is 13.9.